The lowest BCUT2D eigenvalue weighted by Gasteiger charge is -2.16. The molecule has 214 valence electrons. The quantitative estimate of drug-likeness (QED) is 0.139. The third-order valence-electron chi connectivity index (χ3n) is 6.31. The van der Waals surface area contributed by atoms with Crippen molar-refractivity contribution >= 4 is 23.5 Å². The molecule has 3 aromatic carbocycles. The van der Waals surface area contributed by atoms with Gasteiger partial charge in [-0.2, -0.15) is 4.98 Å². The summed E-state index contributed by atoms with van der Waals surface area (Å²) in [6.07, 6.45) is 2.15. The minimum Gasteiger partial charge on any atom is -0.493 e. The Kier molecular flexibility index (Phi) is 11.3. The van der Waals surface area contributed by atoms with Crippen molar-refractivity contribution in [2.45, 2.75) is 44.8 Å². The Labute approximate surface area is 244 Å². The molecular weight excluding hydrogens is 544 g/mol. The van der Waals surface area contributed by atoms with Crippen LogP contribution in [-0.4, -0.2) is 41.2 Å². The van der Waals surface area contributed by atoms with E-state index in [0.29, 0.717) is 43.9 Å². The maximum Gasteiger partial charge on any atom is 0.408 e. The number of unbranched alkanes of at least 4 members (excludes halogenated alkanes) is 1. The fraction of sp³-hybridized carbons (Fsp3) is 0.290. The van der Waals surface area contributed by atoms with Gasteiger partial charge in [-0.3, -0.25) is 4.79 Å². The van der Waals surface area contributed by atoms with Gasteiger partial charge in [0.1, 0.15) is 12.4 Å². The molecule has 0 spiro atoms. The summed E-state index contributed by atoms with van der Waals surface area (Å²) in [4.78, 5) is 29.9. The zero-order valence-corrected chi connectivity index (χ0v) is 23.4. The van der Waals surface area contributed by atoms with Crippen LogP contribution in [0.15, 0.2) is 83.4 Å². The van der Waals surface area contributed by atoms with E-state index < -0.39 is 17.9 Å². The summed E-state index contributed by atoms with van der Waals surface area (Å²) in [6, 6.07) is 23.7. The molecule has 3 N–H and O–H groups in total. The van der Waals surface area contributed by atoms with E-state index in [0.717, 1.165) is 28.9 Å². The number of nitrogens with zero attached hydrogens (tertiary/aromatic N) is 2. The van der Waals surface area contributed by atoms with E-state index in [1.54, 1.807) is 0 Å². The van der Waals surface area contributed by atoms with Crippen LogP contribution in [0.1, 0.15) is 52.5 Å². The van der Waals surface area contributed by atoms with Crippen LogP contribution < -0.4 is 15.8 Å². The fourth-order valence-corrected chi connectivity index (χ4v) is 4.19. The van der Waals surface area contributed by atoms with E-state index in [1.165, 1.54) is 0 Å². The number of rotatable bonds is 15. The van der Waals surface area contributed by atoms with Crippen molar-refractivity contribution in [3.63, 3.8) is 0 Å². The van der Waals surface area contributed by atoms with E-state index in [1.807, 2.05) is 78.9 Å². The number of Topliss-reactive ketones (excluding diaryl/α,β-unsaturated/α-hetero) is 1. The summed E-state index contributed by atoms with van der Waals surface area (Å²) < 4.78 is 16.5. The van der Waals surface area contributed by atoms with Crippen LogP contribution in [0.5, 0.6) is 5.75 Å². The SMILES string of the molecule is NCCCCC(NC(=O)OCc1ccccc1)C(=O)c1noc(Cc2ccc(OCCc3ccc(Cl)cc3)cc2)n1. The molecule has 0 saturated carbocycles. The van der Waals surface area contributed by atoms with Crippen molar-refractivity contribution in [3.8, 4) is 5.75 Å². The number of alkyl carbamates (subject to hydrolysis) is 1. The first-order chi connectivity index (χ1) is 20.0. The van der Waals surface area contributed by atoms with Crippen molar-refractivity contribution in [1.29, 1.82) is 0 Å². The molecule has 0 fully saturated rings. The minimum absolute atomic E-state index is 0.0922. The van der Waals surface area contributed by atoms with Crippen LogP contribution in [0.3, 0.4) is 0 Å². The lowest BCUT2D eigenvalue weighted by Crippen LogP contribution is -2.41. The number of hydrogen-bond acceptors (Lipinski definition) is 8. The van der Waals surface area contributed by atoms with Gasteiger partial charge in [0.05, 0.1) is 19.1 Å². The highest BCUT2D eigenvalue weighted by atomic mass is 35.5. The fourth-order valence-electron chi connectivity index (χ4n) is 4.07. The number of carbonyl (C=O) groups excluding carboxylic acids is 2. The highest BCUT2D eigenvalue weighted by Gasteiger charge is 2.27. The number of aromatic nitrogens is 2. The summed E-state index contributed by atoms with van der Waals surface area (Å²) in [5.74, 6) is 0.494. The molecule has 4 rings (SSSR count). The number of nitrogens with one attached hydrogen (secondary N) is 1. The largest absolute Gasteiger partial charge is 0.493 e. The van der Waals surface area contributed by atoms with E-state index in [9.17, 15) is 9.59 Å². The Morgan fingerprint density at radius 3 is 2.39 bits per heavy atom. The van der Waals surface area contributed by atoms with Crippen molar-refractivity contribution < 1.29 is 23.6 Å². The van der Waals surface area contributed by atoms with Gasteiger partial charge in [-0.15, -0.1) is 0 Å². The van der Waals surface area contributed by atoms with Crippen molar-refractivity contribution in [3.05, 3.63) is 112 Å². The van der Waals surface area contributed by atoms with E-state index in [4.69, 9.17) is 31.3 Å². The molecule has 0 aliphatic rings. The predicted molar refractivity (Wildman–Crippen MR) is 155 cm³/mol. The number of halogens is 1. The number of benzene rings is 3. The molecule has 0 radical (unpaired) electrons. The summed E-state index contributed by atoms with van der Waals surface area (Å²) in [6.45, 7) is 1.11. The van der Waals surface area contributed by atoms with E-state index in [2.05, 4.69) is 15.5 Å². The van der Waals surface area contributed by atoms with Crippen LogP contribution >= 0.6 is 11.6 Å². The van der Waals surface area contributed by atoms with Gasteiger partial charge in [0, 0.05) is 11.4 Å². The number of ketones is 1. The van der Waals surface area contributed by atoms with Crippen molar-refractivity contribution in [1.82, 2.24) is 15.5 Å². The molecule has 1 heterocycles. The lowest BCUT2D eigenvalue weighted by molar-refractivity contribution is 0.0896. The standard InChI is InChI=1S/C31H33ClN4O5/c32-25-13-9-22(10-14-25)17-19-39-26-15-11-23(12-16-26)20-28-35-30(36-41-28)29(37)27(8-4-5-18-33)34-31(38)40-21-24-6-2-1-3-7-24/h1-3,6-7,9-16,27H,4-5,8,17-21,33H2,(H,34,38). The minimum atomic E-state index is -0.862. The first-order valence-electron chi connectivity index (χ1n) is 13.5. The Morgan fingerprint density at radius 2 is 1.66 bits per heavy atom. The Bertz CT molecular complexity index is 1380. The van der Waals surface area contributed by atoms with Crippen LogP contribution in [0.4, 0.5) is 4.79 Å². The van der Waals surface area contributed by atoms with Crippen LogP contribution in [0.2, 0.25) is 5.02 Å². The topological polar surface area (TPSA) is 130 Å². The second-order valence-corrected chi connectivity index (χ2v) is 9.90. The van der Waals surface area contributed by atoms with Gasteiger partial charge in [0.25, 0.3) is 0 Å². The molecule has 4 aromatic rings. The first kappa shape index (κ1) is 29.8. The molecule has 1 unspecified atom stereocenters. The zero-order chi connectivity index (χ0) is 28.9. The van der Waals surface area contributed by atoms with Crippen molar-refractivity contribution in [2.75, 3.05) is 13.2 Å². The third kappa shape index (κ3) is 9.73. The van der Waals surface area contributed by atoms with Gasteiger partial charge in [0.2, 0.25) is 17.5 Å². The normalized spacial score (nSPS) is 11.6. The van der Waals surface area contributed by atoms with Gasteiger partial charge in [-0.25, -0.2) is 4.79 Å². The summed E-state index contributed by atoms with van der Waals surface area (Å²) in [5.41, 5.74) is 8.51. The molecule has 41 heavy (non-hydrogen) atoms. The van der Waals surface area contributed by atoms with Gasteiger partial charge < -0.3 is 25.0 Å². The molecule has 0 saturated heterocycles. The average Bonchev–Trinajstić information content (AvgIpc) is 3.46. The average molecular weight is 577 g/mol. The van der Waals surface area contributed by atoms with Crippen LogP contribution in [0.25, 0.3) is 0 Å². The van der Waals surface area contributed by atoms with Gasteiger partial charge >= 0.3 is 6.09 Å². The second-order valence-electron chi connectivity index (χ2n) is 9.46. The van der Waals surface area contributed by atoms with Crippen LogP contribution in [0, 0.1) is 0 Å². The first-order valence-corrected chi connectivity index (χ1v) is 13.9. The molecule has 0 aliphatic heterocycles. The maximum atomic E-state index is 13.2. The highest BCUT2D eigenvalue weighted by Crippen LogP contribution is 2.17. The Balaban J connectivity index is 1.29. The molecule has 1 atom stereocenters. The zero-order valence-electron chi connectivity index (χ0n) is 22.6. The van der Waals surface area contributed by atoms with Crippen LogP contribution in [-0.2, 0) is 24.2 Å². The monoisotopic (exact) mass is 576 g/mol. The smallest absolute Gasteiger partial charge is 0.408 e. The molecule has 0 bridgehead atoms. The third-order valence-corrected chi connectivity index (χ3v) is 6.56. The number of nitrogens with two attached hydrogens (primary N) is 1. The molecule has 1 aromatic heterocycles. The second kappa shape index (κ2) is 15.5. The van der Waals surface area contributed by atoms with E-state index in [-0.39, 0.29) is 18.3 Å². The van der Waals surface area contributed by atoms with E-state index >= 15 is 0 Å². The molecular formula is C31H33ClN4O5. The van der Waals surface area contributed by atoms with Crippen molar-refractivity contribution in [2.24, 2.45) is 5.73 Å². The predicted octanol–water partition coefficient (Wildman–Crippen LogP) is 5.54. The number of amides is 1. The Hall–Kier alpha value is -4.21. The Morgan fingerprint density at radius 1 is 0.927 bits per heavy atom. The summed E-state index contributed by atoms with van der Waals surface area (Å²) in [7, 11) is 0. The highest BCUT2D eigenvalue weighted by molar-refractivity contribution is 6.30. The molecule has 9 nitrogen and oxygen atoms in total. The molecule has 1 amide bonds. The van der Waals surface area contributed by atoms with Gasteiger partial charge in [0.15, 0.2) is 0 Å². The number of carbonyl (C=O) groups is 2. The maximum absolute atomic E-state index is 13.2. The lowest BCUT2D eigenvalue weighted by atomic mass is 10.0. The van der Waals surface area contributed by atoms with Gasteiger partial charge in [-0.05, 0) is 66.8 Å². The number of hydrogen-bond donors (Lipinski definition) is 2. The molecule has 0 aliphatic carbocycles. The summed E-state index contributed by atoms with van der Waals surface area (Å²) in [5, 5.41) is 7.22. The number of ether oxygens (including phenoxy) is 2. The molecule has 10 heteroatoms. The van der Waals surface area contributed by atoms with Gasteiger partial charge in [-0.1, -0.05) is 71.4 Å². The summed E-state index contributed by atoms with van der Waals surface area (Å²) >= 11 is 5.93.